The number of nitrogens with two attached hydrogens (primary N) is 1. The first-order valence-electron chi connectivity index (χ1n) is 10.7. The molecule has 150 valence electrons. The molecule has 0 amide bonds. The highest BCUT2D eigenvalue weighted by molar-refractivity contribution is 6.01. The molecule has 3 aromatic carbocycles. The van der Waals surface area contributed by atoms with E-state index in [1.54, 1.807) is 0 Å². The van der Waals surface area contributed by atoms with Crippen molar-refractivity contribution < 1.29 is 0 Å². The summed E-state index contributed by atoms with van der Waals surface area (Å²) in [6, 6.07) is 26.4. The summed E-state index contributed by atoms with van der Waals surface area (Å²) in [7, 11) is 4.04. The van der Waals surface area contributed by atoms with E-state index >= 15 is 0 Å². The van der Waals surface area contributed by atoms with E-state index in [4.69, 9.17) is 5.73 Å². The van der Waals surface area contributed by atoms with Gasteiger partial charge in [0.25, 0.3) is 0 Å². The molecule has 2 aliphatic carbocycles. The summed E-state index contributed by atoms with van der Waals surface area (Å²) < 4.78 is 2.18. The highest BCUT2D eigenvalue weighted by Crippen LogP contribution is 2.64. The average molecular weight is 394 g/mol. The van der Waals surface area contributed by atoms with Gasteiger partial charge in [-0.15, -0.1) is 0 Å². The Hall–Kier alpha value is -3.46. The molecule has 0 saturated heterocycles. The maximum absolute atomic E-state index is 6.57. The van der Waals surface area contributed by atoms with Crippen LogP contribution in [0.4, 0.5) is 11.5 Å². The monoisotopic (exact) mass is 393 g/mol. The van der Waals surface area contributed by atoms with E-state index < -0.39 is 0 Å². The number of benzene rings is 3. The second-order valence-electron chi connectivity index (χ2n) is 7.68. The van der Waals surface area contributed by atoms with Crippen molar-refractivity contribution in [2.75, 3.05) is 18.1 Å². The van der Waals surface area contributed by atoms with Crippen molar-refractivity contribution in [1.29, 1.82) is 0 Å². The summed E-state index contributed by atoms with van der Waals surface area (Å²) in [5, 5.41) is 3.37. The standard InChI is InChI=1S/C25H21N3.C2H6/c1-27-22-21-17-11-5-8-14-20(17)25(23(21)28(2)24(22)26)18-12-6-3-9-15(18)16-10-4-7-13-19(16)25;1-2/h3-14,27H,26H2,1-2H3;1-2H3. The number of anilines is 2. The van der Waals surface area contributed by atoms with Crippen LogP contribution >= 0.6 is 0 Å². The highest BCUT2D eigenvalue weighted by atomic mass is 15.1. The fourth-order valence-electron chi connectivity index (χ4n) is 5.59. The van der Waals surface area contributed by atoms with Crippen LogP contribution in [0.15, 0.2) is 72.8 Å². The van der Waals surface area contributed by atoms with Crippen LogP contribution in [0.2, 0.25) is 0 Å². The number of nitrogens with zero attached hydrogens (tertiary/aromatic N) is 1. The topological polar surface area (TPSA) is 43.0 Å². The zero-order valence-electron chi connectivity index (χ0n) is 18.0. The maximum atomic E-state index is 6.57. The number of fused-ring (bicyclic) bond motifs is 10. The van der Waals surface area contributed by atoms with E-state index in [1.165, 1.54) is 44.6 Å². The molecule has 1 heterocycles. The summed E-state index contributed by atoms with van der Waals surface area (Å²) in [5.41, 5.74) is 17.6. The summed E-state index contributed by atoms with van der Waals surface area (Å²) in [5.74, 6) is 0.781. The third-order valence-corrected chi connectivity index (χ3v) is 6.60. The summed E-state index contributed by atoms with van der Waals surface area (Å²) in [6.07, 6.45) is 0. The Balaban J connectivity index is 0.000000937. The maximum Gasteiger partial charge on any atom is 0.127 e. The van der Waals surface area contributed by atoms with Gasteiger partial charge >= 0.3 is 0 Å². The molecule has 0 radical (unpaired) electrons. The van der Waals surface area contributed by atoms with Crippen molar-refractivity contribution in [2.45, 2.75) is 19.3 Å². The SMILES string of the molecule is CC.CNc1c2c(n(C)c1N)C1(c3ccccc3-c3ccccc31)c1ccccc1-2. The van der Waals surface area contributed by atoms with Gasteiger partial charge in [0.15, 0.2) is 0 Å². The second kappa shape index (κ2) is 6.53. The van der Waals surface area contributed by atoms with Gasteiger partial charge in [0.05, 0.1) is 11.1 Å². The Morgan fingerprint density at radius 2 is 1.17 bits per heavy atom. The zero-order valence-corrected chi connectivity index (χ0v) is 18.0. The smallest absolute Gasteiger partial charge is 0.127 e. The van der Waals surface area contributed by atoms with E-state index in [-0.39, 0.29) is 5.41 Å². The molecule has 1 spiro atoms. The minimum Gasteiger partial charge on any atom is -0.385 e. The van der Waals surface area contributed by atoms with Gasteiger partial charge in [0.1, 0.15) is 5.82 Å². The average Bonchev–Trinajstić information content (AvgIpc) is 3.37. The van der Waals surface area contributed by atoms with E-state index in [0.717, 1.165) is 11.5 Å². The number of nitrogens with one attached hydrogen (secondary N) is 1. The lowest BCUT2D eigenvalue weighted by molar-refractivity contribution is 0.703. The van der Waals surface area contributed by atoms with Crippen LogP contribution in [0.25, 0.3) is 22.3 Å². The van der Waals surface area contributed by atoms with E-state index in [1.807, 2.05) is 20.9 Å². The Kier molecular flexibility index (Phi) is 4.04. The van der Waals surface area contributed by atoms with Crippen LogP contribution in [0, 0.1) is 0 Å². The number of hydrogen-bond acceptors (Lipinski definition) is 2. The molecule has 0 aliphatic heterocycles. The van der Waals surface area contributed by atoms with Crippen molar-refractivity contribution in [3.05, 3.63) is 95.2 Å². The fraction of sp³-hybridized carbons (Fsp3) is 0.185. The predicted octanol–water partition coefficient (Wildman–Crippen LogP) is 6.02. The fourth-order valence-corrected chi connectivity index (χ4v) is 5.59. The molecule has 2 aliphatic rings. The van der Waals surface area contributed by atoms with Crippen LogP contribution in [-0.2, 0) is 12.5 Å². The minimum atomic E-state index is -0.336. The van der Waals surface area contributed by atoms with Crippen LogP contribution in [0.3, 0.4) is 0 Å². The second-order valence-corrected chi connectivity index (χ2v) is 7.68. The third kappa shape index (κ3) is 1.95. The van der Waals surface area contributed by atoms with Gasteiger partial charge in [-0.05, 0) is 33.4 Å². The molecule has 6 rings (SSSR count). The third-order valence-electron chi connectivity index (χ3n) is 6.60. The molecule has 0 atom stereocenters. The van der Waals surface area contributed by atoms with Crippen LogP contribution < -0.4 is 11.1 Å². The lowest BCUT2D eigenvalue weighted by Crippen LogP contribution is -2.28. The van der Waals surface area contributed by atoms with Gasteiger partial charge in [0, 0.05) is 25.4 Å². The minimum absolute atomic E-state index is 0.336. The summed E-state index contributed by atoms with van der Waals surface area (Å²) in [6.45, 7) is 4.00. The molecule has 1 aromatic heterocycles. The van der Waals surface area contributed by atoms with Crippen LogP contribution in [0.5, 0.6) is 0 Å². The molecule has 0 bridgehead atoms. The molecule has 3 nitrogen and oxygen atoms in total. The van der Waals surface area contributed by atoms with Crippen molar-refractivity contribution >= 4 is 11.5 Å². The molecule has 0 saturated carbocycles. The number of nitrogen functional groups attached to an aromatic ring is 1. The van der Waals surface area contributed by atoms with Gasteiger partial charge in [0.2, 0.25) is 0 Å². The van der Waals surface area contributed by atoms with Gasteiger partial charge in [-0.25, -0.2) is 0 Å². The summed E-state index contributed by atoms with van der Waals surface area (Å²) >= 11 is 0. The Morgan fingerprint density at radius 3 is 1.67 bits per heavy atom. The van der Waals surface area contributed by atoms with Crippen molar-refractivity contribution in [3.63, 3.8) is 0 Å². The summed E-state index contributed by atoms with van der Waals surface area (Å²) in [4.78, 5) is 0. The predicted molar refractivity (Wildman–Crippen MR) is 127 cm³/mol. The first-order valence-corrected chi connectivity index (χ1v) is 10.7. The van der Waals surface area contributed by atoms with Gasteiger partial charge in [-0.3, -0.25) is 0 Å². The Bertz CT molecular complexity index is 1230. The first-order chi connectivity index (χ1) is 14.7. The lowest BCUT2D eigenvalue weighted by atomic mass is 9.72. The van der Waals surface area contributed by atoms with E-state index in [0.29, 0.717) is 0 Å². The van der Waals surface area contributed by atoms with E-state index in [2.05, 4.69) is 89.7 Å². The molecule has 3 N–H and O–H groups in total. The van der Waals surface area contributed by atoms with Crippen molar-refractivity contribution in [2.24, 2.45) is 7.05 Å². The zero-order chi connectivity index (χ0) is 21.0. The Labute approximate surface area is 178 Å². The van der Waals surface area contributed by atoms with Gasteiger partial charge in [-0.2, -0.15) is 0 Å². The Morgan fingerprint density at radius 1 is 0.733 bits per heavy atom. The molecule has 4 aromatic rings. The van der Waals surface area contributed by atoms with Gasteiger partial charge < -0.3 is 15.6 Å². The molecule has 30 heavy (non-hydrogen) atoms. The van der Waals surface area contributed by atoms with Crippen molar-refractivity contribution in [3.8, 4) is 22.3 Å². The largest absolute Gasteiger partial charge is 0.385 e. The van der Waals surface area contributed by atoms with Crippen molar-refractivity contribution in [1.82, 2.24) is 4.57 Å². The number of hydrogen-bond donors (Lipinski definition) is 2. The molecule has 0 unspecified atom stereocenters. The molecular weight excluding hydrogens is 366 g/mol. The first kappa shape index (κ1) is 18.6. The molecule has 3 heteroatoms. The number of aromatic nitrogens is 1. The highest BCUT2D eigenvalue weighted by Gasteiger charge is 2.54. The number of rotatable bonds is 1. The van der Waals surface area contributed by atoms with Crippen LogP contribution in [0.1, 0.15) is 36.2 Å². The molecular formula is C27H27N3. The lowest BCUT2D eigenvalue weighted by Gasteiger charge is -2.31. The normalized spacial score (nSPS) is 13.7. The van der Waals surface area contributed by atoms with Crippen LogP contribution in [-0.4, -0.2) is 11.6 Å². The van der Waals surface area contributed by atoms with E-state index in [9.17, 15) is 0 Å². The molecule has 0 fully saturated rings. The van der Waals surface area contributed by atoms with Gasteiger partial charge in [-0.1, -0.05) is 86.6 Å². The quantitative estimate of drug-likeness (QED) is 0.359.